The van der Waals surface area contributed by atoms with E-state index in [4.69, 9.17) is 0 Å². The lowest BCUT2D eigenvalue weighted by Crippen LogP contribution is -2.31. The maximum atomic E-state index is 3.55. The first-order valence-corrected chi connectivity index (χ1v) is 7.44. The van der Waals surface area contributed by atoms with Crippen LogP contribution in [-0.4, -0.2) is 24.6 Å². The van der Waals surface area contributed by atoms with E-state index in [1.807, 2.05) is 11.8 Å². The third kappa shape index (κ3) is 4.49. The zero-order chi connectivity index (χ0) is 10.2. The minimum atomic E-state index is 0.655. The second-order valence-corrected chi connectivity index (χ2v) is 5.14. The number of thioether (sulfide) groups is 1. The Bertz CT molecular complexity index is 221. The molecule has 1 heterocycles. The van der Waals surface area contributed by atoms with Crippen LogP contribution in [0.25, 0.3) is 0 Å². The molecule has 0 saturated carbocycles. The molecule has 0 radical (unpaired) electrons. The van der Waals surface area contributed by atoms with Gasteiger partial charge in [0.25, 0.3) is 0 Å². The van der Waals surface area contributed by atoms with Gasteiger partial charge in [-0.05, 0) is 53.8 Å². The summed E-state index contributed by atoms with van der Waals surface area (Å²) in [5.74, 6) is 1.25. The van der Waals surface area contributed by atoms with Gasteiger partial charge in [-0.25, -0.2) is 0 Å². The number of likely N-dealkylation sites (N-methyl/N-ethyl adjacent to an activating group) is 1. The lowest BCUT2D eigenvalue weighted by molar-refractivity contribution is 0.514. The van der Waals surface area contributed by atoms with E-state index in [1.165, 1.54) is 24.2 Å². The topological polar surface area (TPSA) is 12.0 Å². The van der Waals surface area contributed by atoms with Gasteiger partial charge in [-0.3, -0.25) is 0 Å². The highest BCUT2D eigenvalue weighted by Gasteiger charge is 2.07. The van der Waals surface area contributed by atoms with Gasteiger partial charge in [0.15, 0.2) is 0 Å². The molecule has 3 heteroatoms. The standard InChI is InChI=1S/C11H19NS2/c1-3-12-11(5-6-13-2)8-10-4-7-14-9-10/h4,7,9,11-12H,3,5-6,8H2,1-2H3. The van der Waals surface area contributed by atoms with E-state index in [1.54, 1.807) is 11.3 Å². The maximum absolute atomic E-state index is 3.55. The fraction of sp³-hybridized carbons (Fsp3) is 0.636. The third-order valence-electron chi connectivity index (χ3n) is 2.23. The van der Waals surface area contributed by atoms with Gasteiger partial charge in [-0.2, -0.15) is 23.1 Å². The molecule has 80 valence electrons. The molecule has 0 spiro atoms. The highest BCUT2D eigenvalue weighted by atomic mass is 32.2. The van der Waals surface area contributed by atoms with Gasteiger partial charge in [0.1, 0.15) is 0 Å². The molecule has 1 aromatic rings. The highest BCUT2D eigenvalue weighted by molar-refractivity contribution is 7.98. The Kier molecular flexibility index (Phi) is 6.32. The number of rotatable bonds is 7. The van der Waals surface area contributed by atoms with Gasteiger partial charge in [-0.15, -0.1) is 0 Å². The van der Waals surface area contributed by atoms with Crippen molar-refractivity contribution in [3.8, 4) is 0 Å². The number of hydrogen-bond donors (Lipinski definition) is 1. The van der Waals surface area contributed by atoms with Crippen LogP contribution >= 0.6 is 23.1 Å². The largest absolute Gasteiger partial charge is 0.314 e. The first-order chi connectivity index (χ1) is 6.86. The van der Waals surface area contributed by atoms with Gasteiger partial charge in [0, 0.05) is 6.04 Å². The Hall–Kier alpha value is 0.01000. The van der Waals surface area contributed by atoms with E-state index in [9.17, 15) is 0 Å². The van der Waals surface area contributed by atoms with Gasteiger partial charge >= 0.3 is 0 Å². The molecule has 0 aliphatic heterocycles. The molecule has 0 aliphatic carbocycles. The van der Waals surface area contributed by atoms with Crippen molar-refractivity contribution < 1.29 is 0 Å². The molecular formula is C11H19NS2. The Morgan fingerprint density at radius 2 is 2.43 bits per heavy atom. The van der Waals surface area contributed by atoms with Gasteiger partial charge < -0.3 is 5.32 Å². The fourth-order valence-electron chi connectivity index (χ4n) is 1.52. The third-order valence-corrected chi connectivity index (χ3v) is 3.60. The van der Waals surface area contributed by atoms with Crippen LogP contribution in [-0.2, 0) is 6.42 Å². The second-order valence-electron chi connectivity index (χ2n) is 3.37. The summed E-state index contributed by atoms with van der Waals surface area (Å²) in [5, 5.41) is 7.96. The van der Waals surface area contributed by atoms with Crippen LogP contribution < -0.4 is 5.32 Å². The van der Waals surface area contributed by atoms with Crippen LogP contribution in [0.3, 0.4) is 0 Å². The summed E-state index contributed by atoms with van der Waals surface area (Å²) in [7, 11) is 0. The van der Waals surface area contributed by atoms with Crippen molar-refractivity contribution in [1.29, 1.82) is 0 Å². The van der Waals surface area contributed by atoms with Crippen molar-refractivity contribution in [3.05, 3.63) is 22.4 Å². The number of thiophene rings is 1. The number of hydrogen-bond acceptors (Lipinski definition) is 3. The molecule has 0 fully saturated rings. The lowest BCUT2D eigenvalue weighted by Gasteiger charge is -2.16. The molecule has 1 atom stereocenters. The molecule has 0 bridgehead atoms. The van der Waals surface area contributed by atoms with Gasteiger partial charge in [-0.1, -0.05) is 6.92 Å². The first kappa shape index (κ1) is 12.1. The van der Waals surface area contributed by atoms with Crippen LogP contribution in [0, 0.1) is 0 Å². The maximum Gasteiger partial charge on any atom is 0.0115 e. The normalized spacial score (nSPS) is 13.0. The Morgan fingerprint density at radius 3 is 3.00 bits per heavy atom. The molecule has 0 aromatic carbocycles. The van der Waals surface area contributed by atoms with Crippen LogP contribution in [0.5, 0.6) is 0 Å². The zero-order valence-electron chi connectivity index (χ0n) is 8.95. The zero-order valence-corrected chi connectivity index (χ0v) is 10.6. The predicted octanol–water partition coefficient (Wildman–Crippen LogP) is 3.02. The van der Waals surface area contributed by atoms with E-state index >= 15 is 0 Å². The molecule has 0 saturated heterocycles. The average Bonchev–Trinajstić information content (AvgIpc) is 2.67. The van der Waals surface area contributed by atoms with E-state index in [0.717, 1.165) is 6.54 Å². The summed E-state index contributed by atoms with van der Waals surface area (Å²) in [6, 6.07) is 2.88. The van der Waals surface area contributed by atoms with Gasteiger partial charge in [0.05, 0.1) is 0 Å². The molecule has 1 N–H and O–H groups in total. The Morgan fingerprint density at radius 1 is 1.57 bits per heavy atom. The van der Waals surface area contributed by atoms with Crippen molar-refractivity contribution >= 4 is 23.1 Å². The van der Waals surface area contributed by atoms with E-state index in [-0.39, 0.29) is 0 Å². The Labute approximate surface area is 95.3 Å². The summed E-state index contributed by atoms with van der Waals surface area (Å²) >= 11 is 3.72. The summed E-state index contributed by atoms with van der Waals surface area (Å²) < 4.78 is 0. The molecular weight excluding hydrogens is 210 g/mol. The van der Waals surface area contributed by atoms with Crippen molar-refractivity contribution in [3.63, 3.8) is 0 Å². The van der Waals surface area contributed by atoms with Crippen molar-refractivity contribution in [2.24, 2.45) is 0 Å². The van der Waals surface area contributed by atoms with Crippen LogP contribution in [0.2, 0.25) is 0 Å². The van der Waals surface area contributed by atoms with E-state index in [2.05, 4.69) is 35.3 Å². The van der Waals surface area contributed by atoms with Crippen LogP contribution in [0.1, 0.15) is 18.9 Å². The van der Waals surface area contributed by atoms with Crippen molar-refractivity contribution in [2.45, 2.75) is 25.8 Å². The summed E-state index contributed by atoms with van der Waals surface area (Å²) in [4.78, 5) is 0. The summed E-state index contributed by atoms with van der Waals surface area (Å²) in [6.45, 7) is 3.25. The van der Waals surface area contributed by atoms with E-state index in [0.29, 0.717) is 6.04 Å². The summed E-state index contributed by atoms with van der Waals surface area (Å²) in [5.41, 5.74) is 1.47. The minimum Gasteiger partial charge on any atom is -0.314 e. The van der Waals surface area contributed by atoms with Crippen LogP contribution in [0.15, 0.2) is 16.8 Å². The molecule has 0 aliphatic rings. The first-order valence-electron chi connectivity index (χ1n) is 5.10. The lowest BCUT2D eigenvalue weighted by atomic mass is 10.1. The predicted molar refractivity (Wildman–Crippen MR) is 68.5 cm³/mol. The Balaban J connectivity index is 2.34. The molecule has 14 heavy (non-hydrogen) atoms. The molecule has 1 nitrogen and oxygen atoms in total. The smallest absolute Gasteiger partial charge is 0.0115 e. The summed E-state index contributed by atoms with van der Waals surface area (Å²) in [6.07, 6.45) is 4.62. The van der Waals surface area contributed by atoms with Crippen molar-refractivity contribution in [2.75, 3.05) is 18.6 Å². The molecule has 1 rings (SSSR count). The van der Waals surface area contributed by atoms with Crippen molar-refractivity contribution in [1.82, 2.24) is 5.32 Å². The molecule has 0 amide bonds. The monoisotopic (exact) mass is 229 g/mol. The average molecular weight is 229 g/mol. The highest BCUT2D eigenvalue weighted by Crippen LogP contribution is 2.11. The minimum absolute atomic E-state index is 0.655. The SMILES string of the molecule is CCNC(CCSC)Cc1ccsc1. The molecule has 1 aromatic heterocycles. The van der Waals surface area contributed by atoms with E-state index < -0.39 is 0 Å². The quantitative estimate of drug-likeness (QED) is 0.771. The second kappa shape index (κ2) is 7.32. The van der Waals surface area contributed by atoms with Gasteiger partial charge in [0.2, 0.25) is 0 Å². The fourth-order valence-corrected chi connectivity index (χ4v) is 2.72. The van der Waals surface area contributed by atoms with Crippen LogP contribution in [0.4, 0.5) is 0 Å². The molecule has 1 unspecified atom stereocenters. The number of nitrogens with one attached hydrogen (secondary N) is 1.